The van der Waals surface area contributed by atoms with Gasteiger partial charge in [0.05, 0.1) is 16.8 Å². The van der Waals surface area contributed by atoms with Crippen LogP contribution in [0.5, 0.6) is 5.88 Å². The Kier molecular flexibility index (Phi) is 5.91. The lowest BCUT2D eigenvalue weighted by Gasteiger charge is -2.13. The molecule has 7 nitrogen and oxygen atoms in total. The number of benzene rings is 1. The largest absolute Gasteiger partial charge is 0.494 e. The Bertz CT molecular complexity index is 968. The van der Waals surface area contributed by atoms with Gasteiger partial charge in [0, 0.05) is 12.8 Å². The van der Waals surface area contributed by atoms with Gasteiger partial charge in [-0.1, -0.05) is 25.5 Å². The van der Waals surface area contributed by atoms with E-state index < -0.39 is 11.5 Å². The molecule has 26 heavy (non-hydrogen) atoms. The highest BCUT2D eigenvalue weighted by Crippen LogP contribution is 2.23. The van der Waals surface area contributed by atoms with Gasteiger partial charge in [0.25, 0.3) is 5.56 Å². The van der Waals surface area contributed by atoms with Crippen LogP contribution in [0.25, 0.3) is 0 Å². The summed E-state index contributed by atoms with van der Waals surface area (Å²) in [6, 6.07) is 8.06. The number of nitrogens with zero attached hydrogens (tertiary/aromatic N) is 3. The smallest absolute Gasteiger partial charge is 0.337 e. The number of hydrogen-bond donors (Lipinski definition) is 2. The topological polar surface area (TPSA) is 116 Å². The van der Waals surface area contributed by atoms with Crippen LogP contribution < -0.4 is 5.56 Å². The number of aromatic nitrogens is 1. The van der Waals surface area contributed by atoms with Crippen molar-refractivity contribution in [3.8, 4) is 11.9 Å². The molecule has 0 radical (unpaired) electrons. The minimum absolute atomic E-state index is 0.0145. The molecule has 0 spiro atoms. The summed E-state index contributed by atoms with van der Waals surface area (Å²) in [7, 11) is 0. The zero-order valence-corrected chi connectivity index (χ0v) is 14.6. The number of pyridine rings is 1. The van der Waals surface area contributed by atoms with Gasteiger partial charge in [-0.2, -0.15) is 5.26 Å². The van der Waals surface area contributed by atoms with Crippen LogP contribution in [0, 0.1) is 18.3 Å². The van der Waals surface area contributed by atoms with Crippen LogP contribution in [-0.2, 0) is 6.54 Å². The Hall–Kier alpha value is -3.40. The summed E-state index contributed by atoms with van der Waals surface area (Å²) in [4.78, 5) is 27.8. The number of unbranched alkanes of at least 4 members (excludes halogenated alkanes) is 1. The molecule has 0 saturated carbocycles. The van der Waals surface area contributed by atoms with Crippen molar-refractivity contribution >= 4 is 17.9 Å². The molecule has 134 valence electrons. The number of carboxylic acids is 1. The molecular formula is C19H19N3O4. The first-order valence-electron chi connectivity index (χ1n) is 8.15. The number of carbonyl (C=O) groups is 1. The van der Waals surface area contributed by atoms with E-state index in [0.29, 0.717) is 12.0 Å². The molecule has 7 heteroatoms. The van der Waals surface area contributed by atoms with Crippen LogP contribution in [0.1, 0.15) is 46.8 Å². The number of aromatic carboxylic acids is 1. The summed E-state index contributed by atoms with van der Waals surface area (Å²) in [6.45, 7) is 3.78. The number of hydrogen-bond acceptors (Lipinski definition) is 5. The molecule has 2 rings (SSSR count). The summed E-state index contributed by atoms with van der Waals surface area (Å²) in [6.07, 6.45) is 2.77. The molecule has 0 amide bonds. The molecule has 2 aromatic rings. The molecular weight excluding hydrogens is 334 g/mol. The third kappa shape index (κ3) is 3.64. The number of rotatable bonds is 6. The average Bonchev–Trinajstić information content (AvgIpc) is 2.62. The van der Waals surface area contributed by atoms with Crippen molar-refractivity contribution < 1.29 is 15.0 Å². The fourth-order valence-electron chi connectivity index (χ4n) is 2.55. The second-order valence-electron chi connectivity index (χ2n) is 5.74. The van der Waals surface area contributed by atoms with Crippen molar-refractivity contribution in [3.63, 3.8) is 0 Å². The minimum atomic E-state index is -1.12. The quantitative estimate of drug-likeness (QED) is 0.775. The predicted octanol–water partition coefficient (Wildman–Crippen LogP) is 2.98. The Balaban J connectivity index is 2.62. The first-order valence-corrected chi connectivity index (χ1v) is 8.15. The van der Waals surface area contributed by atoms with Gasteiger partial charge < -0.3 is 10.2 Å². The van der Waals surface area contributed by atoms with Crippen LogP contribution in [0.3, 0.4) is 0 Å². The fraction of sp³-hybridized carbons (Fsp3) is 0.263. The SMILES string of the molecule is CCCCn1c(O)c(C=Nc2ccccc2C(=O)O)c(C)c(C#N)c1=O. The van der Waals surface area contributed by atoms with Crippen LogP contribution >= 0.6 is 0 Å². The first-order chi connectivity index (χ1) is 12.4. The Morgan fingerprint density at radius 2 is 2.08 bits per heavy atom. The first kappa shape index (κ1) is 18.9. The number of carboxylic acid groups (broad SMARTS) is 1. The van der Waals surface area contributed by atoms with E-state index in [1.165, 1.54) is 18.3 Å². The highest BCUT2D eigenvalue weighted by atomic mass is 16.4. The summed E-state index contributed by atoms with van der Waals surface area (Å²) < 4.78 is 1.15. The summed E-state index contributed by atoms with van der Waals surface area (Å²) in [5, 5.41) is 29.0. The molecule has 1 heterocycles. The van der Waals surface area contributed by atoms with Gasteiger partial charge in [-0.05, 0) is 31.0 Å². The molecule has 1 aromatic heterocycles. The average molecular weight is 353 g/mol. The molecule has 0 aliphatic rings. The molecule has 2 N–H and O–H groups in total. The highest BCUT2D eigenvalue weighted by molar-refractivity contribution is 5.95. The normalized spacial score (nSPS) is 10.8. The number of aliphatic imine (C=N–C) groups is 1. The van der Waals surface area contributed by atoms with Crippen molar-refractivity contribution in [2.45, 2.75) is 33.2 Å². The lowest BCUT2D eigenvalue weighted by Crippen LogP contribution is -2.25. The molecule has 0 atom stereocenters. The van der Waals surface area contributed by atoms with E-state index in [0.717, 1.165) is 11.0 Å². The Morgan fingerprint density at radius 1 is 1.38 bits per heavy atom. The van der Waals surface area contributed by atoms with Crippen LogP contribution in [0.4, 0.5) is 5.69 Å². The van der Waals surface area contributed by atoms with Crippen molar-refractivity contribution in [3.05, 3.63) is 56.9 Å². The van der Waals surface area contributed by atoms with Crippen molar-refractivity contribution in [2.24, 2.45) is 4.99 Å². The van der Waals surface area contributed by atoms with Crippen molar-refractivity contribution in [1.29, 1.82) is 5.26 Å². The maximum Gasteiger partial charge on any atom is 0.337 e. The van der Waals surface area contributed by atoms with Crippen LogP contribution in [0.15, 0.2) is 34.1 Å². The molecule has 0 bridgehead atoms. The molecule has 1 aromatic carbocycles. The third-order valence-corrected chi connectivity index (χ3v) is 4.05. The van der Waals surface area contributed by atoms with E-state index in [4.69, 9.17) is 0 Å². The lowest BCUT2D eigenvalue weighted by molar-refractivity contribution is 0.0698. The molecule has 0 aliphatic carbocycles. The zero-order valence-electron chi connectivity index (χ0n) is 14.6. The van der Waals surface area contributed by atoms with E-state index >= 15 is 0 Å². The van der Waals surface area contributed by atoms with Gasteiger partial charge in [-0.3, -0.25) is 14.4 Å². The summed E-state index contributed by atoms with van der Waals surface area (Å²) in [5.41, 5.74) is 0.145. The summed E-state index contributed by atoms with van der Waals surface area (Å²) in [5.74, 6) is -1.40. The van der Waals surface area contributed by atoms with Gasteiger partial charge in [-0.25, -0.2) is 4.79 Å². The zero-order chi connectivity index (χ0) is 19.3. The maximum absolute atomic E-state index is 12.4. The lowest BCUT2D eigenvalue weighted by atomic mass is 10.1. The number of nitriles is 1. The fourth-order valence-corrected chi connectivity index (χ4v) is 2.55. The summed E-state index contributed by atoms with van der Waals surface area (Å²) >= 11 is 0. The van der Waals surface area contributed by atoms with E-state index in [1.54, 1.807) is 19.1 Å². The van der Waals surface area contributed by atoms with Crippen LogP contribution in [-0.4, -0.2) is 27.0 Å². The molecule has 0 aliphatic heterocycles. The van der Waals surface area contributed by atoms with E-state index in [9.17, 15) is 25.1 Å². The van der Waals surface area contributed by atoms with Crippen LogP contribution in [0.2, 0.25) is 0 Å². The van der Waals surface area contributed by atoms with E-state index in [-0.39, 0.29) is 34.8 Å². The van der Waals surface area contributed by atoms with Gasteiger partial charge >= 0.3 is 5.97 Å². The number of para-hydroxylation sites is 1. The third-order valence-electron chi connectivity index (χ3n) is 4.05. The van der Waals surface area contributed by atoms with Gasteiger partial charge in [0.1, 0.15) is 11.6 Å². The maximum atomic E-state index is 12.4. The second kappa shape index (κ2) is 8.12. The van der Waals surface area contributed by atoms with E-state index in [2.05, 4.69) is 4.99 Å². The van der Waals surface area contributed by atoms with Gasteiger partial charge in [0.15, 0.2) is 0 Å². The molecule has 0 unspecified atom stereocenters. The Morgan fingerprint density at radius 3 is 2.69 bits per heavy atom. The van der Waals surface area contributed by atoms with Crippen molar-refractivity contribution in [1.82, 2.24) is 4.57 Å². The monoisotopic (exact) mass is 353 g/mol. The Labute approximate surface area is 150 Å². The van der Waals surface area contributed by atoms with Gasteiger partial charge in [-0.15, -0.1) is 0 Å². The van der Waals surface area contributed by atoms with E-state index in [1.807, 2.05) is 13.0 Å². The minimum Gasteiger partial charge on any atom is -0.494 e. The van der Waals surface area contributed by atoms with Crippen molar-refractivity contribution in [2.75, 3.05) is 0 Å². The molecule has 0 saturated heterocycles. The van der Waals surface area contributed by atoms with Gasteiger partial charge in [0.2, 0.25) is 5.88 Å². The second-order valence-corrected chi connectivity index (χ2v) is 5.74. The standard InChI is InChI=1S/C19H19N3O4/c1-3-4-9-22-17(23)14(10-20)12(2)15(18(22)24)11-21-16-8-6-5-7-13(16)19(25)26/h5-8,11,24H,3-4,9H2,1-2H3,(H,25,26). The highest BCUT2D eigenvalue weighted by Gasteiger charge is 2.18. The number of aromatic hydroxyl groups is 1. The predicted molar refractivity (Wildman–Crippen MR) is 97.4 cm³/mol. The molecule has 0 fully saturated rings.